The molecule has 1 atom stereocenters. The maximum absolute atomic E-state index is 12.9. The molecule has 0 bridgehead atoms. The topological polar surface area (TPSA) is 68.0 Å². The number of nitrogens with one attached hydrogen (secondary N) is 1. The van der Waals surface area contributed by atoms with E-state index in [1.807, 2.05) is 37.3 Å². The molecule has 1 aliphatic rings. The Kier molecular flexibility index (Phi) is 7.05. The van der Waals surface area contributed by atoms with Crippen LogP contribution >= 0.6 is 0 Å². The fourth-order valence-electron chi connectivity index (χ4n) is 5.60. The third kappa shape index (κ3) is 5.20. The van der Waals surface area contributed by atoms with Crippen molar-refractivity contribution in [2.24, 2.45) is 5.92 Å². The van der Waals surface area contributed by atoms with Crippen molar-refractivity contribution >= 4 is 5.82 Å². The highest BCUT2D eigenvalue weighted by atomic mass is 16.1. The molecule has 0 spiro atoms. The second kappa shape index (κ2) is 10.9. The summed E-state index contributed by atoms with van der Waals surface area (Å²) in [6, 6.07) is 30.2. The predicted molar refractivity (Wildman–Crippen MR) is 161 cm³/mol. The Hall–Kier alpha value is -4.49. The van der Waals surface area contributed by atoms with Gasteiger partial charge >= 0.3 is 0 Å². The molecule has 0 aliphatic carbocycles. The lowest BCUT2D eigenvalue weighted by molar-refractivity contribution is 0.249. The van der Waals surface area contributed by atoms with Gasteiger partial charge in [-0.3, -0.25) is 4.79 Å². The number of aryl methyl sites for hydroxylation is 2. The molecule has 0 radical (unpaired) electrons. The van der Waals surface area contributed by atoms with Crippen molar-refractivity contribution in [3.8, 4) is 28.2 Å². The average molecular weight is 531 g/mol. The smallest absolute Gasteiger partial charge is 0.271 e. The molecule has 3 heterocycles. The molecule has 1 N–H and O–H groups in total. The number of fused-ring (bicyclic) bond motifs is 1. The molecule has 5 aromatic rings. The third-order valence-electron chi connectivity index (χ3n) is 7.50. The Labute approximate surface area is 234 Å². The fourth-order valence-corrected chi connectivity index (χ4v) is 5.60. The molecule has 1 aliphatic heterocycles. The second-order valence-electron chi connectivity index (χ2n) is 10.8. The summed E-state index contributed by atoms with van der Waals surface area (Å²) in [4.78, 5) is 15.3. The van der Waals surface area contributed by atoms with Crippen molar-refractivity contribution in [3.05, 3.63) is 118 Å². The van der Waals surface area contributed by atoms with Gasteiger partial charge in [0.05, 0.1) is 16.9 Å². The van der Waals surface area contributed by atoms with Crippen molar-refractivity contribution in [3.63, 3.8) is 0 Å². The largest absolute Gasteiger partial charge is 0.369 e. The van der Waals surface area contributed by atoms with Gasteiger partial charge in [-0.15, -0.1) is 0 Å². The molecular weight excluding hydrogens is 496 g/mol. The maximum Gasteiger partial charge on any atom is 0.271 e. The van der Waals surface area contributed by atoms with Crippen LogP contribution in [0.4, 0.5) is 5.82 Å². The van der Waals surface area contributed by atoms with Crippen LogP contribution in [0.1, 0.15) is 16.7 Å². The predicted octanol–water partition coefficient (Wildman–Crippen LogP) is 5.55. The van der Waals surface area contributed by atoms with Crippen LogP contribution in [0, 0.1) is 19.8 Å². The summed E-state index contributed by atoms with van der Waals surface area (Å²) in [5, 5.41) is 13.7. The number of nitrogens with zero attached hydrogens (tertiary/aromatic N) is 5. The van der Waals surface area contributed by atoms with Crippen LogP contribution in [0.15, 0.2) is 95.8 Å². The quantitative estimate of drug-likeness (QED) is 0.299. The maximum atomic E-state index is 12.9. The molecule has 0 amide bonds. The number of rotatable bonds is 7. The van der Waals surface area contributed by atoms with Gasteiger partial charge in [0.15, 0.2) is 0 Å². The number of aromatic nitrogens is 4. The van der Waals surface area contributed by atoms with Crippen LogP contribution in [0.25, 0.3) is 28.2 Å². The lowest BCUT2D eigenvalue weighted by Crippen LogP contribution is -2.36. The molecule has 40 heavy (non-hydrogen) atoms. The van der Waals surface area contributed by atoms with E-state index in [1.54, 1.807) is 6.07 Å². The summed E-state index contributed by atoms with van der Waals surface area (Å²) in [5.41, 5.74) is 7.63. The van der Waals surface area contributed by atoms with E-state index in [9.17, 15) is 4.79 Å². The van der Waals surface area contributed by atoms with Gasteiger partial charge in [0.25, 0.3) is 5.56 Å². The first-order valence-corrected chi connectivity index (χ1v) is 13.8. The minimum Gasteiger partial charge on any atom is -0.369 e. The van der Waals surface area contributed by atoms with E-state index in [4.69, 9.17) is 10.2 Å². The zero-order valence-electron chi connectivity index (χ0n) is 23.2. The van der Waals surface area contributed by atoms with E-state index >= 15 is 0 Å². The average Bonchev–Trinajstić information content (AvgIpc) is 3.33. The van der Waals surface area contributed by atoms with Crippen LogP contribution in [-0.4, -0.2) is 44.6 Å². The normalized spacial score (nSPS) is 14.7. The van der Waals surface area contributed by atoms with Gasteiger partial charge in [0, 0.05) is 43.7 Å². The summed E-state index contributed by atoms with van der Waals surface area (Å²) >= 11 is 0. The number of benzene rings is 3. The molecular formula is C33H34N6O. The standard InChI is InChI=1S/C33H34N6O/c1-23-10-9-14-27(18-23)32-31(28-16-17-30(40)39(35-28)29-15-8-7-11-24(29)2)33-34-19-26(22-38(33)36-32)21-37(3)20-25-12-5-4-6-13-25/h4-18,26,34H,19-22H2,1-3H3. The van der Waals surface area contributed by atoms with Crippen molar-refractivity contribution < 1.29 is 0 Å². The molecule has 7 nitrogen and oxygen atoms in total. The van der Waals surface area contributed by atoms with Gasteiger partial charge in [0.2, 0.25) is 0 Å². The molecule has 6 rings (SSSR count). The van der Waals surface area contributed by atoms with E-state index in [0.29, 0.717) is 11.6 Å². The van der Waals surface area contributed by atoms with E-state index in [0.717, 1.165) is 60.1 Å². The molecule has 0 saturated carbocycles. The van der Waals surface area contributed by atoms with E-state index in [-0.39, 0.29) is 5.56 Å². The summed E-state index contributed by atoms with van der Waals surface area (Å²) in [7, 11) is 2.17. The van der Waals surface area contributed by atoms with Gasteiger partial charge in [-0.05, 0) is 50.2 Å². The highest BCUT2D eigenvalue weighted by Crippen LogP contribution is 2.39. The lowest BCUT2D eigenvalue weighted by atomic mass is 10.0. The first-order valence-electron chi connectivity index (χ1n) is 13.8. The Morgan fingerprint density at radius 2 is 1.73 bits per heavy atom. The highest BCUT2D eigenvalue weighted by molar-refractivity contribution is 5.87. The van der Waals surface area contributed by atoms with Crippen LogP contribution < -0.4 is 10.9 Å². The molecule has 0 saturated heterocycles. The first-order chi connectivity index (χ1) is 19.5. The molecule has 202 valence electrons. The molecule has 2 aromatic heterocycles. The number of hydrogen-bond donors (Lipinski definition) is 1. The number of hydrogen-bond acceptors (Lipinski definition) is 5. The third-order valence-corrected chi connectivity index (χ3v) is 7.50. The minimum absolute atomic E-state index is 0.161. The zero-order chi connectivity index (χ0) is 27.6. The van der Waals surface area contributed by atoms with Gasteiger partial charge in [0.1, 0.15) is 11.5 Å². The lowest BCUT2D eigenvalue weighted by Gasteiger charge is -2.29. The second-order valence-corrected chi connectivity index (χ2v) is 10.8. The van der Waals surface area contributed by atoms with Crippen LogP contribution in [0.2, 0.25) is 0 Å². The SMILES string of the molecule is Cc1cccc(-c2nn3c(c2-c2ccc(=O)n(-c4ccccc4C)n2)NCC(CN(C)Cc2ccccc2)C3)c1. The summed E-state index contributed by atoms with van der Waals surface area (Å²) in [5.74, 6) is 1.34. The molecule has 1 unspecified atom stereocenters. The van der Waals surface area contributed by atoms with Gasteiger partial charge < -0.3 is 10.2 Å². The fraction of sp³-hybridized carbons (Fsp3) is 0.242. The Morgan fingerprint density at radius 3 is 2.52 bits per heavy atom. The Morgan fingerprint density at radius 1 is 0.925 bits per heavy atom. The van der Waals surface area contributed by atoms with E-state index in [2.05, 4.69) is 83.5 Å². The summed E-state index contributed by atoms with van der Waals surface area (Å²) in [6.45, 7) is 7.58. The minimum atomic E-state index is -0.161. The van der Waals surface area contributed by atoms with E-state index in [1.165, 1.54) is 15.8 Å². The summed E-state index contributed by atoms with van der Waals surface area (Å²) < 4.78 is 3.58. The Balaban J connectivity index is 1.38. The van der Waals surface area contributed by atoms with Gasteiger partial charge in [-0.25, -0.2) is 4.68 Å². The van der Waals surface area contributed by atoms with Crippen LogP contribution in [-0.2, 0) is 13.1 Å². The van der Waals surface area contributed by atoms with Crippen molar-refractivity contribution in [1.82, 2.24) is 24.5 Å². The molecule has 0 fully saturated rings. The monoisotopic (exact) mass is 530 g/mol. The Bertz CT molecular complexity index is 1700. The van der Waals surface area contributed by atoms with Gasteiger partial charge in [-0.1, -0.05) is 72.3 Å². The van der Waals surface area contributed by atoms with Crippen molar-refractivity contribution in [2.75, 3.05) is 25.5 Å². The first kappa shape index (κ1) is 25.8. The van der Waals surface area contributed by atoms with Crippen LogP contribution in [0.3, 0.4) is 0 Å². The van der Waals surface area contributed by atoms with Gasteiger partial charge in [-0.2, -0.15) is 14.9 Å². The number of para-hydroxylation sites is 1. The molecule has 3 aromatic carbocycles. The zero-order valence-corrected chi connectivity index (χ0v) is 23.2. The van der Waals surface area contributed by atoms with E-state index < -0.39 is 0 Å². The van der Waals surface area contributed by atoms with Crippen LogP contribution in [0.5, 0.6) is 0 Å². The number of anilines is 1. The summed E-state index contributed by atoms with van der Waals surface area (Å²) in [6.07, 6.45) is 0. The van der Waals surface area contributed by atoms with Crippen molar-refractivity contribution in [2.45, 2.75) is 26.9 Å². The van der Waals surface area contributed by atoms with Crippen molar-refractivity contribution in [1.29, 1.82) is 0 Å². The molecule has 7 heteroatoms. The highest BCUT2D eigenvalue weighted by Gasteiger charge is 2.28.